The van der Waals surface area contributed by atoms with Crippen molar-refractivity contribution in [2.75, 3.05) is 36.0 Å². The van der Waals surface area contributed by atoms with Crippen molar-refractivity contribution in [3.8, 4) is 11.4 Å². The summed E-state index contributed by atoms with van der Waals surface area (Å²) in [5.74, 6) is 1.68. The Kier molecular flexibility index (Phi) is 3.97. The Morgan fingerprint density at radius 3 is 2.04 bits per heavy atom. The molecule has 24 heavy (non-hydrogen) atoms. The van der Waals surface area contributed by atoms with Crippen LogP contribution in [0.15, 0.2) is 55.0 Å². The molecule has 7 nitrogen and oxygen atoms in total. The number of rotatable bonds is 3. The van der Waals surface area contributed by atoms with E-state index in [1.807, 2.05) is 36.4 Å². The lowest BCUT2D eigenvalue weighted by Gasteiger charge is -2.35. The van der Waals surface area contributed by atoms with Gasteiger partial charge >= 0.3 is 0 Å². The van der Waals surface area contributed by atoms with E-state index in [0.717, 1.165) is 49.3 Å². The van der Waals surface area contributed by atoms with E-state index in [9.17, 15) is 0 Å². The topological polar surface area (TPSA) is 70.9 Å². The van der Waals surface area contributed by atoms with Gasteiger partial charge in [0.25, 0.3) is 0 Å². The molecule has 3 aromatic rings. The van der Waals surface area contributed by atoms with Crippen molar-refractivity contribution in [3.05, 3.63) is 55.0 Å². The maximum Gasteiger partial charge on any atom is 0.225 e. The monoisotopic (exact) mass is 319 g/mol. The maximum absolute atomic E-state index is 4.36. The van der Waals surface area contributed by atoms with Gasteiger partial charge in [0.15, 0.2) is 5.82 Å². The van der Waals surface area contributed by atoms with E-state index in [2.05, 4.69) is 34.9 Å². The Bertz CT molecular complexity index is 769. The summed E-state index contributed by atoms with van der Waals surface area (Å²) in [6.45, 7) is 3.48. The molecule has 0 aliphatic carbocycles. The van der Waals surface area contributed by atoms with Gasteiger partial charge in [-0.25, -0.2) is 9.97 Å². The number of piperazine rings is 1. The van der Waals surface area contributed by atoms with Crippen LogP contribution in [-0.2, 0) is 0 Å². The van der Waals surface area contributed by atoms with E-state index in [1.165, 1.54) is 0 Å². The van der Waals surface area contributed by atoms with Crippen molar-refractivity contribution in [3.63, 3.8) is 0 Å². The van der Waals surface area contributed by atoms with Crippen molar-refractivity contribution in [1.82, 2.24) is 25.1 Å². The third kappa shape index (κ3) is 3.01. The lowest BCUT2D eigenvalue weighted by molar-refractivity contribution is 0.631. The predicted molar refractivity (Wildman–Crippen MR) is 91.7 cm³/mol. The smallest absolute Gasteiger partial charge is 0.225 e. The zero-order valence-corrected chi connectivity index (χ0v) is 13.2. The molecule has 1 saturated heterocycles. The number of hydrogen-bond donors (Lipinski definition) is 0. The summed E-state index contributed by atoms with van der Waals surface area (Å²) in [5.41, 5.74) is 1.62. The molecule has 3 aromatic heterocycles. The summed E-state index contributed by atoms with van der Waals surface area (Å²) in [6.07, 6.45) is 5.31. The lowest BCUT2D eigenvalue weighted by Crippen LogP contribution is -2.47. The number of pyridine rings is 1. The highest BCUT2D eigenvalue weighted by molar-refractivity contribution is 5.55. The summed E-state index contributed by atoms with van der Waals surface area (Å²) in [4.78, 5) is 17.3. The van der Waals surface area contributed by atoms with Crippen molar-refractivity contribution in [2.45, 2.75) is 0 Å². The second-order valence-electron chi connectivity index (χ2n) is 5.51. The van der Waals surface area contributed by atoms with Crippen LogP contribution < -0.4 is 9.80 Å². The van der Waals surface area contributed by atoms with Crippen molar-refractivity contribution in [2.24, 2.45) is 0 Å². The van der Waals surface area contributed by atoms with Gasteiger partial charge < -0.3 is 9.80 Å². The second-order valence-corrected chi connectivity index (χ2v) is 5.51. The molecule has 1 aliphatic heterocycles. The summed E-state index contributed by atoms with van der Waals surface area (Å²) in [7, 11) is 0. The molecular formula is C17H17N7. The largest absolute Gasteiger partial charge is 0.352 e. The fourth-order valence-electron chi connectivity index (χ4n) is 2.73. The molecule has 1 aliphatic rings. The molecular weight excluding hydrogens is 302 g/mol. The molecule has 0 radical (unpaired) electrons. The van der Waals surface area contributed by atoms with Crippen LogP contribution in [0.3, 0.4) is 0 Å². The molecule has 0 bridgehead atoms. The molecule has 1 fully saturated rings. The third-order valence-corrected chi connectivity index (χ3v) is 4.02. The summed E-state index contributed by atoms with van der Waals surface area (Å²) < 4.78 is 0. The van der Waals surface area contributed by atoms with Crippen LogP contribution in [0.5, 0.6) is 0 Å². The minimum absolute atomic E-state index is 0.786. The first-order valence-electron chi connectivity index (χ1n) is 7.92. The molecule has 0 amide bonds. The summed E-state index contributed by atoms with van der Waals surface area (Å²) in [6, 6.07) is 11.6. The molecule has 4 rings (SSSR count). The average molecular weight is 319 g/mol. The summed E-state index contributed by atoms with van der Waals surface area (Å²) in [5, 5.41) is 8.67. The van der Waals surface area contributed by atoms with Gasteiger partial charge in [0.2, 0.25) is 5.95 Å². The van der Waals surface area contributed by atoms with Crippen LogP contribution in [-0.4, -0.2) is 51.3 Å². The standard InChI is InChI=1S/C17H17N7/c1-2-7-18-14(4-1)15-5-6-16(22-21-15)23-10-12-24(13-11-23)17-19-8-3-9-20-17/h1-9H,10-13H2. The number of nitrogens with zero attached hydrogens (tertiary/aromatic N) is 7. The zero-order valence-electron chi connectivity index (χ0n) is 13.2. The van der Waals surface area contributed by atoms with Gasteiger partial charge in [-0.3, -0.25) is 4.98 Å². The van der Waals surface area contributed by atoms with Gasteiger partial charge in [0, 0.05) is 44.8 Å². The molecule has 0 N–H and O–H groups in total. The van der Waals surface area contributed by atoms with E-state index in [4.69, 9.17) is 0 Å². The summed E-state index contributed by atoms with van der Waals surface area (Å²) >= 11 is 0. The van der Waals surface area contributed by atoms with Crippen LogP contribution in [0, 0.1) is 0 Å². The number of anilines is 2. The average Bonchev–Trinajstić information content (AvgIpc) is 2.70. The Labute approximate surface area is 140 Å². The van der Waals surface area contributed by atoms with Crippen molar-refractivity contribution >= 4 is 11.8 Å². The SMILES string of the molecule is c1ccc(-c2ccc(N3CCN(c4ncccn4)CC3)nn2)nc1. The van der Waals surface area contributed by atoms with Crippen molar-refractivity contribution < 1.29 is 0 Å². The second kappa shape index (κ2) is 6.57. The van der Waals surface area contributed by atoms with Crippen LogP contribution >= 0.6 is 0 Å². The fraction of sp³-hybridized carbons (Fsp3) is 0.235. The van der Waals surface area contributed by atoms with Gasteiger partial charge in [-0.1, -0.05) is 6.07 Å². The minimum Gasteiger partial charge on any atom is -0.352 e. The minimum atomic E-state index is 0.786. The predicted octanol–water partition coefficient (Wildman–Crippen LogP) is 1.66. The maximum atomic E-state index is 4.36. The first-order valence-corrected chi connectivity index (χ1v) is 7.92. The van der Waals surface area contributed by atoms with E-state index in [0.29, 0.717) is 0 Å². The molecule has 0 spiro atoms. The molecule has 0 atom stereocenters. The third-order valence-electron chi connectivity index (χ3n) is 4.02. The molecule has 0 saturated carbocycles. The van der Waals surface area contributed by atoms with Gasteiger partial charge in [-0.15, -0.1) is 10.2 Å². The van der Waals surface area contributed by atoms with Gasteiger partial charge in [-0.2, -0.15) is 0 Å². The van der Waals surface area contributed by atoms with Crippen molar-refractivity contribution in [1.29, 1.82) is 0 Å². The Morgan fingerprint density at radius 1 is 0.625 bits per heavy atom. The Balaban J connectivity index is 1.43. The molecule has 7 heteroatoms. The zero-order chi connectivity index (χ0) is 16.2. The molecule has 120 valence electrons. The molecule has 4 heterocycles. The highest BCUT2D eigenvalue weighted by atomic mass is 15.3. The lowest BCUT2D eigenvalue weighted by atomic mass is 10.2. The number of aromatic nitrogens is 5. The normalized spacial score (nSPS) is 14.7. The van der Waals surface area contributed by atoms with Gasteiger partial charge in [0.1, 0.15) is 5.69 Å². The first kappa shape index (κ1) is 14.5. The van der Waals surface area contributed by atoms with Crippen LogP contribution in [0.25, 0.3) is 11.4 Å². The Morgan fingerprint density at radius 2 is 1.38 bits per heavy atom. The number of hydrogen-bond acceptors (Lipinski definition) is 7. The fourth-order valence-corrected chi connectivity index (χ4v) is 2.73. The Hall–Kier alpha value is -3.09. The van der Waals surface area contributed by atoms with Crippen LogP contribution in [0.1, 0.15) is 0 Å². The molecule has 0 aromatic carbocycles. The van der Waals surface area contributed by atoms with E-state index < -0.39 is 0 Å². The van der Waals surface area contributed by atoms with Crippen LogP contribution in [0.2, 0.25) is 0 Å². The van der Waals surface area contributed by atoms with Gasteiger partial charge in [0.05, 0.1) is 5.69 Å². The van der Waals surface area contributed by atoms with Crippen LogP contribution in [0.4, 0.5) is 11.8 Å². The molecule has 0 unspecified atom stereocenters. The highest BCUT2D eigenvalue weighted by Gasteiger charge is 2.20. The first-order chi connectivity index (χ1) is 11.9. The van der Waals surface area contributed by atoms with Gasteiger partial charge in [-0.05, 0) is 30.3 Å². The van der Waals surface area contributed by atoms with E-state index >= 15 is 0 Å². The quantitative estimate of drug-likeness (QED) is 0.727. The highest BCUT2D eigenvalue weighted by Crippen LogP contribution is 2.18. The van der Waals surface area contributed by atoms with E-state index in [-0.39, 0.29) is 0 Å². The van der Waals surface area contributed by atoms with E-state index in [1.54, 1.807) is 18.6 Å².